The highest BCUT2D eigenvalue weighted by Gasteiger charge is 2.38. The van der Waals surface area contributed by atoms with Crippen LogP contribution in [0.3, 0.4) is 0 Å². The maximum atomic E-state index is 15.2. The van der Waals surface area contributed by atoms with Crippen LogP contribution in [0.15, 0.2) is 42.6 Å². The number of nitrogens with zero attached hydrogens (tertiary/aromatic N) is 2. The van der Waals surface area contributed by atoms with Crippen molar-refractivity contribution in [1.29, 1.82) is 0 Å². The van der Waals surface area contributed by atoms with Gasteiger partial charge in [0.15, 0.2) is 0 Å². The molecule has 0 unspecified atom stereocenters. The van der Waals surface area contributed by atoms with E-state index in [4.69, 9.17) is 14.6 Å². The number of rotatable bonds is 3. The number of hydrogen-bond donors (Lipinski definition) is 2. The number of hydrogen-bond acceptors (Lipinski definition) is 5. The van der Waals surface area contributed by atoms with Gasteiger partial charge in [0.05, 0.1) is 5.56 Å². The number of pyridine rings is 1. The maximum Gasteiger partial charge on any atom is 0.490 e. The number of benzene rings is 1. The summed E-state index contributed by atoms with van der Waals surface area (Å²) < 4.78 is 52.8. The topological polar surface area (TPSA) is 91.8 Å². The molecule has 1 amide bonds. The molecule has 34 heavy (non-hydrogen) atoms. The second-order valence-corrected chi connectivity index (χ2v) is 8.06. The normalized spacial score (nSPS) is 17.4. The predicted molar refractivity (Wildman–Crippen MR) is 114 cm³/mol. The van der Waals surface area contributed by atoms with E-state index >= 15 is 4.39 Å². The smallest absolute Gasteiger partial charge is 0.490 e. The van der Waals surface area contributed by atoms with E-state index in [9.17, 15) is 18.0 Å². The summed E-state index contributed by atoms with van der Waals surface area (Å²) in [6, 6.07) is 11.2. The Kier molecular flexibility index (Phi) is 8.08. The zero-order valence-electron chi connectivity index (χ0n) is 18.3. The molecule has 0 aliphatic carbocycles. The lowest BCUT2D eigenvalue weighted by Gasteiger charge is -2.36. The van der Waals surface area contributed by atoms with E-state index in [0.717, 1.165) is 17.8 Å². The molecule has 0 radical (unpaired) electrons. The van der Waals surface area contributed by atoms with E-state index in [-0.39, 0.29) is 5.91 Å². The average molecular weight is 483 g/mol. The van der Waals surface area contributed by atoms with Gasteiger partial charge in [0, 0.05) is 50.1 Å². The first kappa shape index (κ1) is 25.4. The van der Waals surface area contributed by atoms with Crippen LogP contribution >= 0.6 is 0 Å². The van der Waals surface area contributed by atoms with Gasteiger partial charge in [-0.05, 0) is 31.0 Å². The number of para-hydroxylation sites is 1. The van der Waals surface area contributed by atoms with E-state index in [2.05, 4.69) is 10.3 Å². The van der Waals surface area contributed by atoms with Crippen LogP contribution in [0.25, 0.3) is 0 Å². The van der Waals surface area contributed by atoms with Crippen LogP contribution in [0.2, 0.25) is 0 Å². The molecule has 7 nitrogen and oxygen atoms in total. The fraction of sp³-hybridized carbons (Fsp3) is 0.435. The molecule has 2 aliphatic heterocycles. The number of alkyl halides is 4. The summed E-state index contributed by atoms with van der Waals surface area (Å²) >= 11 is 0. The Bertz CT molecular complexity index is 993. The third kappa shape index (κ3) is 6.66. The maximum absolute atomic E-state index is 15.2. The summed E-state index contributed by atoms with van der Waals surface area (Å²) in [5.41, 5.74) is 1.02. The van der Waals surface area contributed by atoms with Crippen LogP contribution in [0.5, 0.6) is 5.75 Å². The van der Waals surface area contributed by atoms with Crippen molar-refractivity contribution in [2.75, 3.05) is 26.2 Å². The summed E-state index contributed by atoms with van der Waals surface area (Å²) in [6.07, 6.45) is -2.45. The zero-order chi connectivity index (χ0) is 24.8. The molecule has 2 aromatic rings. The fourth-order valence-corrected chi connectivity index (χ4v) is 3.80. The number of carboxylic acids is 1. The van der Waals surface area contributed by atoms with Crippen molar-refractivity contribution < 1.29 is 37.0 Å². The number of aliphatic carboxylic acids is 1. The van der Waals surface area contributed by atoms with Crippen LogP contribution in [-0.2, 0) is 17.8 Å². The SMILES string of the molecule is O=C(O)C(F)(F)F.O=C(c1cccc2c1OCCNC2)N1CCC(F)(Cc2ccccn2)CC1. The van der Waals surface area contributed by atoms with Gasteiger partial charge in [-0.25, -0.2) is 9.18 Å². The van der Waals surface area contributed by atoms with Gasteiger partial charge in [-0.15, -0.1) is 0 Å². The van der Waals surface area contributed by atoms with Gasteiger partial charge in [-0.2, -0.15) is 13.2 Å². The van der Waals surface area contributed by atoms with E-state index in [1.54, 1.807) is 17.2 Å². The highest BCUT2D eigenvalue weighted by Crippen LogP contribution is 2.32. The van der Waals surface area contributed by atoms with E-state index in [1.807, 2.05) is 30.3 Å². The van der Waals surface area contributed by atoms with Crippen LogP contribution in [0.4, 0.5) is 17.6 Å². The van der Waals surface area contributed by atoms with Crippen molar-refractivity contribution in [2.24, 2.45) is 0 Å². The van der Waals surface area contributed by atoms with Crippen LogP contribution in [0.1, 0.15) is 34.5 Å². The van der Waals surface area contributed by atoms with Gasteiger partial charge < -0.3 is 20.1 Å². The van der Waals surface area contributed by atoms with E-state index in [0.29, 0.717) is 56.8 Å². The average Bonchev–Trinajstić information content (AvgIpc) is 3.05. The number of piperidine rings is 1. The van der Waals surface area contributed by atoms with Gasteiger partial charge in [0.2, 0.25) is 0 Å². The minimum atomic E-state index is -5.08. The standard InChI is InChI=1S/C21H24FN3O2.C2HF3O2/c22-21(14-17-5-1-2-9-24-17)7-11-25(12-8-21)20(26)18-6-3-4-16-15-23-10-13-27-19(16)18;3-2(4,5)1(6)7/h1-6,9,23H,7-8,10-15H2;(H,6,7). The van der Waals surface area contributed by atoms with Gasteiger partial charge in [0.1, 0.15) is 18.0 Å². The van der Waals surface area contributed by atoms with Gasteiger partial charge in [-0.1, -0.05) is 18.2 Å². The Hall–Kier alpha value is -3.21. The molecule has 0 atom stereocenters. The second kappa shape index (κ2) is 10.8. The molecule has 0 saturated carbocycles. The van der Waals surface area contributed by atoms with Crippen molar-refractivity contribution in [3.05, 3.63) is 59.4 Å². The van der Waals surface area contributed by atoms with Crippen LogP contribution in [-0.4, -0.2) is 65.0 Å². The number of carbonyl (C=O) groups excluding carboxylic acids is 1. The fourth-order valence-electron chi connectivity index (χ4n) is 3.80. The number of carboxylic acid groups (broad SMARTS) is 1. The molecular formula is C23H25F4N3O4. The number of carbonyl (C=O) groups is 2. The molecule has 11 heteroatoms. The molecule has 2 aliphatic rings. The summed E-state index contributed by atoms with van der Waals surface area (Å²) in [7, 11) is 0. The Morgan fingerprint density at radius 2 is 1.85 bits per heavy atom. The Balaban J connectivity index is 0.000000406. The lowest BCUT2D eigenvalue weighted by atomic mass is 9.88. The lowest BCUT2D eigenvalue weighted by molar-refractivity contribution is -0.192. The first-order chi connectivity index (χ1) is 16.1. The minimum Gasteiger partial charge on any atom is -0.491 e. The lowest BCUT2D eigenvalue weighted by Crippen LogP contribution is -2.45. The molecule has 3 heterocycles. The number of halogens is 4. The molecule has 0 bridgehead atoms. The van der Waals surface area contributed by atoms with Crippen LogP contribution < -0.4 is 10.1 Å². The Labute approximate surface area is 193 Å². The number of amides is 1. The largest absolute Gasteiger partial charge is 0.491 e. The van der Waals surface area contributed by atoms with Crippen molar-refractivity contribution in [3.63, 3.8) is 0 Å². The number of likely N-dealkylation sites (tertiary alicyclic amines) is 1. The Morgan fingerprint density at radius 3 is 2.47 bits per heavy atom. The number of aromatic nitrogens is 1. The third-order valence-corrected chi connectivity index (χ3v) is 5.58. The third-order valence-electron chi connectivity index (χ3n) is 5.58. The van der Waals surface area contributed by atoms with E-state index < -0.39 is 17.8 Å². The van der Waals surface area contributed by atoms with Gasteiger partial charge >= 0.3 is 12.1 Å². The van der Waals surface area contributed by atoms with Gasteiger partial charge in [-0.3, -0.25) is 9.78 Å². The van der Waals surface area contributed by atoms with Gasteiger partial charge in [0.25, 0.3) is 5.91 Å². The molecule has 0 spiro atoms. The Morgan fingerprint density at radius 1 is 1.15 bits per heavy atom. The molecule has 1 aromatic heterocycles. The van der Waals surface area contributed by atoms with Crippen molar-refractivity contribution in [3.8, 4) is 5.75 Å². The second-order valence-electron chi connectivity index (χ2n) is 8.06. The summed E-state index contributed by atoms with van der Waals surface area (Å²) in [6.45, 7) is 2.79. The monoisotopic (exact) mass is 483 g/mol. The molecule has 2 N–H and O–H groups in total. The predicted octanol–water partition coefficient (Wildman–Crippen LogP) is 3.38. The summed E-state index contributed by atoms with van der Waals surface area (Å²) in [5.74, 6) is -2.17. The number of nitrogens with one attached hydrogen (secondary N) is 1. The van der Waals surface area contributed by atoms with Crippen molar-refractivity contribution >= 4 is 11.9 Å². The quantitative estimate of drug-likeness (QED) is 0.651. The van der Waals surface area contributed by atoms with Crippen molar-refractivity contribution in [1.82, 2.24) is 15.2 Å². The molecular weight excluding hydrogens is 458 g/mol. The van der Waals surface area contributed by atoms with Crippen LogP contribution in [0, 0.1) is 0 Å². The number of ether oxygens (including phenoxy) is 1. The number of fused-ring (bicyclic) bond motifs is 1. The first-order valence-corrected chi connectivity index (χ1v) is 10.7. The zero-order valence-corrected chi connectivity index (χ0v) is 18.3. The molecule has 1 aromatic carbocycles. The highest BCUT2D eigenvalue weighted by atomic mass is 19.4. The highest BCUT2D eigenvalue weighted by molar-refractivity contribution is 5.97. The molecule has 184 valence electrons. The van der Waals surface area contributed by atoms with E-state index in [1.165, 1.54) is 0 Å². The molecule has 4 rings (SSSR count). The summed E-state index contributed by atoms with van der Waals surface area (Å²) in [5, 5.41) is 10.4. The molecule has 1 saturated heterocycles. The van der Waals surface area contributed by atoms with Crippen molar-refractivity contribution in [2.45, 2.75) is 37.7 Å². The minimum absolute atomic E-state index is 0.0753. The summed E-state index contributed by atoms with van der Waals surface area (Å²) in [4.78, 5) is 27.9. The first-order valence-electron chi connectivity index (χ1n) is 10.7. The molecule has 1 fully saturated rings.